The van der Waals surface area contributed by atoms with Crippen LogP contribution in [0.4, 0.5) is 0 Å². The third-order valence-corrected chi connectivity index (χ3v) is 4.03. The number of rotatable bonds is 8. The van der Waals surface area contributed by atoms with Crippen LogP contribution >= 0.6 is 0 Å². The molecule has 0 aliphatic carbocycles. The molecule has 2 aromatic heterocycles. The number of hydrogen-bond donors (Lipinski definition) is 2. The number of nitrogens with zero attached hydrogens (tertiary/aromatic N) is 3. The molecule has 7 heteroatoms. The zero-order valence-electron chi connectivity index (χ0n) is 13.4. The van der Waals surface area contributed by atoms with E-state index in [1.54, 1.807) is 7.05 Å². The molecule has 0 aliphatic heterocycles. The van der Waals surface area contributed by atoms with Crippen LogP contribution in [0.25, 0.3) is 11.2 Å². The van der Waals surface area contributed by atoms with Gasteiger partial charge in [0, 0.05) is 13.6 Å². The number of aromatic nitrogens is 4. The lowest BCUT2D eigenvalue weighted by Crippen LogP contribution is -2.29. The van der Waals surface area contributed by atoms with E-state index in [2.05, 4.69) is 9.97 Å². The Hall–Kier alpha value is -1.89. The fourth-order valence-corrected chi connectivity index (χ4v) is 2.74. The second-order valence-electron chi connectivity index (χ2n) is 5.71. The highest BCUT2D eigenvalue weighted by molar-refractivity contribution is 5.70. The van der Waals surface area contributed by atoms with Crippen molar-refractivity contribution in [1.29, 1.82) is 0 Å². The number of aromatic amines is 1. The second kappa shape index (κ2) is 7.40. The number of nitrogens with two attached hydrogens (primary N) is 1. The van der Waals surface area contributed by atoms with E-state index < -0.39 is 5.69 Å². The number of hydrogen-bond acceptors (Lipinski definition) is 4. The molecule has 0 saturated carbocycles. The molecular weight excluding hydrogens is 282 g/mol. The maximum Gasteiger partial charge on any atom is 0.329 e. The van der Waals surface area contributed by atoms with E-state index in [9.17, 15) is 9.59 Å². The van der Waals surface area contributed by atoms with Crippen molar-refractivity contribution in [3.8, 4) is 0 Å². The van der Waals surface area contributed by atoms with Gasteiger partial charge in [-0.3, -0.25) is 14.3 Å². The molecule has 0 amide bonds. The van der Waals surface area contributed by atoms with Gasteiger partial charge in [-0.1, -0.05) is 25.7 Å². The van der Waals surface area contributed by atoms with Crippen LogP contribution in [0.3, 0.4) is 0 Å². The Balaban J connectivity index is 2.06. The van der Waals surface area contributed by atoms with Gasteiger partial charge in [0.05, 0.1) is 0 Å². The van der Waals surface area contributed by atoms with Crippen molar-refractivity contribution >= 4 is 11.2 Å². The fraction of sp³-hybridized carbons (Fsp3) is 0.667. The van der Waals surface area contributed by atoms with Crippen molar-refractivity contribution in [2.24, 2.45) is 12.8 Å². The highest BCUT2D eigenvalue weighted by Gasteiger charge is 2.14. The van der Waals surface area contributed by atoms with Crippen molar-refractivity contribution < 1.29 is 0 Å². The number of H-pyrrole nitrogens is 1. The molecule has 0 unspecified atom stereocenters. The number of aryl methyl sites for hydroxylation is 3. The third-order valence-electron chi connectivity index (χ3n) is 4.03. The largest absolute Gasteiger partial charge is 0.330 e. The van der Waals surface area contributed by atoms with Crippen molar-refractivity contribution in [2.75, 3.05) is 6.54 Å². The Bertz CT molecular complexity index is 741. The van der Waals surface area contributed by atoms with E-state index in [0.717, 1.165) is 38.2 Å². The van der Waals surface area contributed by atoms with Crippen LogP contribution in [0.1, 0.15) is 44.3 Å². The first-order valence-corrected chi connectivity index (χ1v) is 7.92. The van der Waals surface area contributed by atoms with Crippen LogP contribution < -0.4 is 17.0 Å². The molecule has 0 radical (unpaired) electrons. The molecule has 0 saturated heterocycles. The molecule has 3 N–H and O–H groups in total. The molecule has 0 fully saturated rings. The summed E-state index contributed by atoms with van der Waals surface area (Å²) in [5.74, 6) is 0.768. The summed E-state index contributed by atoms with van der Waals surface area (Å²) in [7, 11) is 1.62. The lowest BCUT2D eigenvalue weighted by atomic mass is 10.1. The molecule has 2 heterocycles. The van der Waals surface area contributed by atoms with Gasteiger partial charge in [-0.05, 0) is 26.3 Å². The summed E-state index contributed by atoms with van der Waals surface area (Å²) in [5.41, 5.74) is 5.63. The van der Waals surface area contributed by atoms with Crippen molar-refractivity contribution in [3.63, 3.8) is 0 Å². The predicted octanol–water partition coefficient (Wildman–Crippen LogP) is 1.03. The average Bonchev–Trinajstić information content (AvgIpc) is 2.81. The summed E-state index contributed by atoms with van der Waals surface area (Å²) in [6.07, 6.45) is 6.78. The maximum absolute atomic E-state index is 12.1. The topological polar surface area (TPSA) is 98.7 Å². The monoisotopic (exact) mass is 307 g/mol. The van der Waals surface area contributed by atoms with Crippen LogP contribution in [-0.4, -0.2) is 25.6 Å². The van der Waals surface area contributed by atoms with E-state index in [1.165, 1.54) is 23.8 Å². The van der Waals surface area contributed by atoms with Gasteiger partial charge >= 0.3 is 5.69 Å². The summed E-state index contributed by atoms with van der Waals surface area (Å²) < 4.78 is 3.29. The van der Waals surface area contributed by atoms with Gasteiger partial charge in [-0.15, -0.1) is 0 Å². The molecule has 0 aliphatic rings. The lowest BCUT2D eigenvalue weighted by Gasteiger charge is -2.06. The van der Waals surface area contributed by atoms with E-state index in [1.807, 2.05) is 11.5 Å². The predicted molar refractivity (Wildman–Crippen MR) is 87.1 cm³/mol. The Labute approximate surface area is 129 Å². The number of imidazole rings is 1. The molecule has 2 aromatic rings. The standard InChI is InChI=1S/C15H25N5O2/c1-11-17-13-12(14(21)18-15(22)19(13)2)20(11)10-8-6-4-3-5-7-9-16/h3-10,16H2,1-2H3,(H,18,21,22). The smallest absolute Gasteiger partial charge is 0.329 e. The van der Waals surface area contributed by atoms with Crippen molar-refractivity contribution in [1.82, 2.24) is 19.1 Å². The average molecular weight is 307 g/mol. The fourth-order valence-electron chi connectivity index (χ4n) is 2.74. The van der Waals surface area contributed by atoms with Crippen LogP contribution in [0.5, 0.6) is 0 Å². The van der Waals surface area contributed by atoms with Crippen LogP contribution in [0.15, 0.2) is 9.59 Å². The van der Waals surface area contributed by atoms with Crippen molar-refractivity contribution in [3.05, 3.63) is 26.7 Å². The van der Waals surface area contributed by atoms with Gasteiger partial charge in [-0.25, -0.2) is 9.78 Å². The third kappa shape index (κ3) is 3.47. The zero-order chi connectivity index (χ0) is 16.1. The van der Waals surface area contributed by atoms with E-state index in [0.29, 0.717) is 11.2 Å². The first-order valence-electron chi connectivity index (χ1n) is 7.92. The molecule has 0 bridgehead atoms. The summed E-state index contributed by atoms with van der Waals surface area (Å²) >= 11 is 0. The van der Waals surface area contributed by atoms with E-state index in [-0.39, 0.29) is 5.56 Å². The van der Waals surface area contributed by atoms with Crippen molar-refractivity contribution in [2.45, 2.75) is 52.0 Å². The Morgan fingerprint density at radius 1 is 1.09 bits per heavy atom. The molecule has 122 valence electrons. The van der Waals surface area contributed by atoms with Gasteiger partial charge in [0.25, 0.3) is 5.56 Å². The Morgan fingerprint density at radius 2 is 1.73 bits per heavy atom. The minimum atomic E-state index is -0.429. The molecule has 0 aromatic carbocycles. The zero-order valence-corrected chi connectivity index (χ0v) is 13.4. The number of fused-ring (bicyclic) bond motifs is 1. The summed E-state index contributed by atoms with van der Waals surface area (Å²) in [5, 5.41) is 0. The second-order valence-corrected chi connectivity index (χ2v) is 5.71. The SMILES string of the molecule is Cc1nc2c(c(=O)[nH]c(=O)n2C)n1CCCCCCCCN. The number of unbranched alkanes of at least 4 members (excludes halogenated alkanes) is 5. The highest BCUT2D eigenvalue weighted by Crippen LogP contribution is 2.12. The molecular formula is C15H25N5O2. The molecule has 0 atom stereocenters. The summed E-state index contributed by atoms with van der Waals surface area (Å²) in [6.45, 7) is 3.38. The minimum absolute atomic E-state index is 0.360. The molecule has 7 nitrogen and oxygen atoms in total. The van der Waals surface area contributed by atoms with Gasteiger partial charge in [-0.2, -0.15) is 0 Å². The van der Waals surface area contributed by atoms with Gasteiger partial charge in [0.2, 0.25) is 0 Å². The van der Waals surface area contributed by atoms with Gasteiger partial charge in [0.1, 0.15) is 5.82 Å². The Kier molecular flexibility index (Phi) is 5.54. The quantitative estimate of drug-likeness (QED) is 0.712. The van der Waals surface area contributed by atoms with Crippen LogP contribution in [0, 0.1) is 6.92 Å². The molecule has 0 spiro atoms. The highest BCUT2D eigenvalue weighted by atomic mass is 16.2. The van der Waals surface area contributed by atoms with E-state index >= 15 is 0 Å². The Morgan fingerprint density at radius 3 is 2.41 bits per heavy atom. The maximum atomic E-state index is 12.1. The van der Waals surface area contributed by atoms with Crippen LogP contribution in [-0.2, 0) is 13.6 Å². The normalized spacial score (nSPS) is 11.4. The van der Waals surface area contributed by atoms with E-state index in [4.69, 9.17) is 5.73 Å². The molecule has 2 rings (SSSR count). The lowest BCUT2D eigenvalue weighted by molar-refractivity contribution is 0.553. The first-order chi connectivity index (χ1) is 10.6. The van der Waals surface area contributed by atoms with Crippen LogP contribution in [0.2, 0.25) is 0 Å². The van der Waals surface area contributed by atoms with Gasteiger partial charge < -0.3 is 10.3 Å². The summed E-state index contributed by atoms with van der Waals surface area (Å²) in [6, 6.07) is 0. The minimum Gasteiger partial charge on any atom is -0.330 e. The van der Waals surface area contributed by atoms with Gasteiger partial charge in [0.15, 0.2) is 11.2 Å². The molecule has 22 heavy (non-hydrogen) atoms. The number of nitrogens with one attached hydrogen (secondary N) is 1. The summed E-state index contributed by atoms with van der Waals surface area (Å²) in [4.78, 5) is 30.4. The first kappa shape index (κ1) is 16.5.